The molecule has 182 valence electrons. The zero-order chi connectivity index (χ0) is 21.5. The minimum absolute atomic E-state index is 0. The van der Waals surface area contributed by atoms with Crippen molar-refractivity contribution in [3.63, 3.8) is 0 Å². The molecule has 0 amide bonds. The second-order valence-corrected chi connectivity index (χ2v) is 9.06. The maximum atomic E-state index is 14.7. The standard InChI is InChI=1S/C22H25F2N5O.3ClH/c1-21(2)7-14(8-22(3,4)29-21)30-18-12-25-17(11-26-18)16-6-5-15(19(23)20(16)24)13-9-27-28-10-13;;;/h5-6,9-12,14,29H,7-8H2,1-4H3,(H,27,28);3*1H. The Morgan fingerprint density at radius 2 is 1.48 bits per heavy atom. The summed E-state index contributed by atoms with van der Waals surface area (Å²) in [4.78, 5) is 8.53. The number of halogens is 5. The molecule has 33 heavy (non-hydrogen) atoms. The fourth-order valence-corrected chi connectivity index (χ4v) is 4.37. The van der Waals surface area contributed by atoms with Crippen LogP contribution < -0.4 is 10.1 Å². The van der Waals surface area contributed by atoms with Gasteiger partial charge in [0.2, 0.25) is 5.88 Å². The molecule has 3 aromatic rings. The summed E-state index contributed by atoms with van der Waals surface area (Å²) in [5.41, 5.74) is 0.773. The second-order valence-electron chi connectivity index (χ2n) is 9.06. The molecular formula is C22H28Cl3F2N5O. The molecule has 0 saturated carbocycles. The summed E-state index contributed by atoms with van der Waals surface area (Å²) >= 11 is 0. The highest BCUT2D eigenvalue weighted by molar-refractivity contribution is 5.86. The number of benzene rings is 1. The number of aromatic amines is 1. The quantitative estimate of drug-likeness (QED) is 0.455. The van der Waals surface area contributed by atoms with E-state index in [1.807, 2.05) is 0 Å². The van der Waals surface area contributed by atoms with E-state index < -0.39 is 11.6 Å². The molecule has 1 aromatic carbocycles. The van der Waals surface area contributed by atoms with Crippen molar-refractivity contribution < 1.29 is 13.5 Å². The van der Waals surface area contributed by atoms with E-state index in [0.29, 0.717) is 11.4 Å². The largest absolute Gasteiger partial charge is 0.473 e. The molecule has 11 heteroatoms. The topological polar surface area (TPSA) is 75.7 Å². The van der Waals surface area contributed by atoms with Gasteiger partial charge in [-0.15, -0.1) is 37.2 Å². The van der Waals surface area contributed by atoms with E-state index in [4.69, 9.17) is 4.74 Å². The molecule has 0 unspecified atom stereocenters. The molecule has 0 aliphatic carbocycles. The maximum Gasteiger partial charge on any atom is 0.232 e. The van der Waals surface area contributed by atoms with Crippen LogP contribution in [0.25, 0.3) is 22.4 Å². The van der Waals surface area contributed by atoms with Crippen molar-refractivity contribution in [1.29, 1.82) is 0 Å². The van der Waals surface area contributed by atoms with E-state index in [-0.39, 0.29) is 71.2 Å². The van der Waals surface area contributed by atoms with Gasteiger partial charge in [0.05, 0.1) is 24.3 Å². The summed E-state index contributed by atoms with van der Waals surface area (Å²) in [5, 5.41) is 9.97. The van der Waals surface area contributed by atoms with Crippen molar-refractivity contribution in [2.45, 2.75) is 57.7 Å². The van der Waals surface area contributed by atoms with Gasteiger partial charge in [0.25, 0.3) is 0 Å². The first-order valence-electron chi connectivity index (χ1n) is 9.89. The first-order chi connectivity index (χ1) is 14.1. The van der Waals surface area contributed by atoms with Gasteiger partial charge in [-0.1, -0.05) is 6.07 Å². The average molecular weight is 523 g/mol. The smallest absolute Gasteiger partial charge is 0.232 e. The van der Waals surface area contributed by atoms with Crippen LogP contribution in [0.4, 0.5) is 8.78 Å². The molecule has 0 atom stereocenters. The van der Waals surface area contributed by atoms with E-state index in [9.17, 15) is 8.78 Å². The lowest BCUT2D eigenvalue weighted by molar-refractivity contribution is 0.0527. The molecule has 1 saturated heterocycles. The number of rotatable bonds is 4. The van der Waals surface area contributed by atoms with E-state index in [1.165, 1.54) is 36.9 Å². The van der Waals surface area contributed by atoms with Crippen molar-refractivity contribution >= 4 is 37.2 Å². The third-order valence-electron chi connectivity index (χ3n) is 5.24. The second kappa shape index (κ2) is 11.0. The van der Waals surface area contributed by atoms with Crippen molar-refractivity contribution in [2.75, 3.05) is 0 Å². The lowest BCUT2D eigenvalue weighted by atomic mass is 9.81. The third kappa shape index (κ3) is 6.53. The summed E-state index contributed by atoms with van der Waals surface area (Å²) in [6.45, 7) is 8.57. The van der Waals surface area contributed by atoms with Crippen molar-refractivity contribution in [2.24, 2.45) is 0 Å². The molecule has 6 nitrogen and oxygen atoms in total. The van der Waals surface area contributed by atoms with E-state index in [1.54, 1.807) is 0 Å². The van der Waals surface area contributed by atoms with Gasteiger partial charge < -0.3 is 10.1 Å². The Labute approximate surface area is 210 Å². The van der Waals surface area contributed by atoms with Gasteiger partial charge in [0.15, 0.2) is 11.6 Å². The Morgan fingerprint density at radius 3 is 2.03 bits per heavy atom. The Balaban J connectivity index is 0.00000181. The summed E-state index contributed by atoms with van der Waals surface area (Å²) in [6.07, 6.45) is 7.45. The maximum absolute atomic E-state index is 14.7. The molecule has 0 bridgehead atoms. The van der Waals surface area contributed by atoms with Gasteiger partial charge >= 0.3 is 0 Å². The van der Waals surface area contributed by atoms with Crippen LogP contribution >= 0.6 is 37.2 Å². The van der Waals surface area contributed by atoms with Gasteiger partial charge in [-0.2, -0.15) is 5.10 Å². The van der Waals surface area contributed by atoms with Crippen molar-refractivity contribution in [1.82, 2.24) is 25.5 Å². The molecule has 4 rings (SSSR count). The van der Waals surface area contributed by atoms with Gasteiger partial charge in [-0.05, 0) is 33.8 Å². The zero-order valence-corrected chi connectivity index (χ0v) is 21.1. The van der Waals surface area contributed by atoms with Crippen molar-refractivity contribution in [3.05, 3.63) is 48.6 Å². The fourth-order valence-electron chi connectivity index (χ4n) is 4.37. The molecular weight excluding hydrogens is 495 g/mol. The predicted octanol–water partition coefficient (Wildman–Crippen LogP) is 5.77. The van der Waals surface area contributed by atoms with Crippen LogP contribution in [-0.2, 0) is 0 Å². The van der Waals surface area contributed by atoms with Crippen LogP contribution in [-0.4, -0.2) is 37.3 Å². The number of aromatic nitrogens is 4. The molecule has 1 aliphatic heterocycles. The van der Waals surface area contributed by atoms with E-state index in [2.05, 4.69) is 53.2 Å². The van der Waals surface area contributed by atoms with Gasteiger partial charge in [0, 0.05) is 46.8 Å². The highest BCUT2D eigenvalue weighted by Gasteiger charge is 2.38. The molecule has 0 radical (unpaired) electrons. The van der Waals surface area contributed by atoms with Gasteiger partial charge in [-0.25, -0.2) is 18.7 Å². The fraction of sp³-hybridized carbons (Fsp3) is 0.409. The highest BCUT2D eigenvalue weighted by atomic mass is 35.5. The number of ether oxygens (including phenoxy) is 1. The summed E-state index contributed by atoms with van der Waals surface area (Å²) in [7, 11) is 0. The van der Waals surface area contributed by atoms with Gasteiger partial charge in [0.1, 0.15) is 6.10 Å². The SMILES string of the molecule is CC1(C)CC(Oc2cnc(-c3ccc(-c4cn[nH]c4)c(F)c3F)cn2)CC(C)(C)N1.Cl.Cl.Cl. The van der Waals surface area contributed by atoms with Crippen LogP contribution in [0.5, 0.6) is 5.88 Å². The summed E-state index contributed by atoms with van der Waals surface area (Å²) in [5.74, 6) is -1.55. The summed E-state index contributed by atoms with van der Waals surface area (Å²) in [6, 6.07) is 2.99. The van der Waals surface area contributed by atoms with Crippen LogP contribution in [0.3, 0.4) is 0 Å². The number of hydrogen-bond donors (Lipinski definition) is 2. The molecule has 2 N–H and O–H groups in total. The molecule has 1 aliphatic rings. The van der Waals surface area contributed by atoms with E-state index in [0.717, 1.165) is 12.8 Å². The third-order valence-corrected chi connectivity index (χ3v) is 5.24. The molecule has 3 heterocycles. The number of H-pyrrole nitrogens is 1. The zero-order valence-electron chi connectivity index (χ0n) is 18.7. The minimum Gasteiger partial charge on any atom is -0.473 e. The van der Waals surface area contributed by atoms with E-state index >= 15 is 0 Å². The van der Waals surface area contributed by atoms with Gasteiger partial charge in [-0.3, -0.25) is 5.10 Å². The van der Waals surface area contributed by atoms with Crippen molar-refractivity contribution in [3.8, 4) is 28.3 Å². The lowest BCUT2D eigenvalue weighted by Crippen LogP contribution is -2.60. The summed E-state index contributed by atoms with van der Waals surface area (Å²) < 4.78 is 35.3. The minimum atomic E-state index is -0.974. The van der Waals surface area contributed by atoms with Crippen LogP contribution in [0.1, 0.15) is 40.5 Å². The Hall–Kier alpha value is -2.00. The first-order valence-corrected chi connectivity index (χ1v) is 9.89. The number of hydrogen-bond acceptors (Lipinski definition) is 5. The molecule has 1 fully saturated rings. The van der Waals surface area contributed by atoms with Crippen LogP contribution in [0, 0.1) is 11.6 Å². The number of nitrogens with one attached hydrogen (secondary N) is 2. The Kier molecular flexibility index (Phi) is 9.63. The Bertz CT molecular complexity index is 1030. The number of piperidine rings is 1. The average Bonchev–Trinajstić information content (AvgIpc) is 3.16. The molecule has 2 aromatic heterocycles. The first kappa shape index (κ1) is 29.0. The molecule has 0 spiro atoms. The Morgan fingerprint density at radius 1 is 0.879 bits per heavy atom. The predicted molar refractivity (Wildman–Crippen MR) is 132 cm³/mol. The monoisotopic (exact) mass is 521 g/mol. The number of nitrogens with zero attached hydrogens (tertiary/aromatic N) is 3. The van der Waals surface area contributed by atoms with Crippen LogP contribution in [0.15, 0.2) is 36.9 Å². The normalized spacial score (nSPS) is 16.7. The lowest BCUT2D eigenvalue weighted by Gasteiger charge is -2.46. The van der Waals surface area contributed by atoms with Crippen LogP contribution in [0.2, 0.25) is 0 Å². The highest BCUT2D eigenvalue weighted by Crippen LogP contribution is 2.32.